The summed E-state index contributed by atoms with van der Waals surface area (Å²) in [5, 5.41) is 0. The lowest BCUT2D eigenvalue weighted by Crippen LogP contribution is -2.39. The van der Waals surface area contributed by atoms with E-state index in [1.807, 2.05) is 23.1 Å². The van der Waals surface area contributed by atoms with Crippen LogP contribution in [0, 0.1) is 11.6 Å². The van der Waals surface area contributed by atoms with E-state index in [9.17, 15) is 13.6 Å². The quantitative estimate of drug-likeness (QED) is 0.671. The molecule has 0 saturated carbocycles. The highest BCUT2D eigenvalue weighted by Gasteiger charge is 2.33. The topological polar surface area (TPSA) is 42.0 Å². The van der Waals surface area contributed by atoms with Crippen molar-refractivity contribution >= 4 is 5.91 Å². The third kappa shape index (κ3) is 4.56. The van der Waals surface area contributed by atoms with Crippen LogP contribution in [0.5, 0.6) is 11.5 Å². The lowest BCUT2D eigenvalue weighted by atomic mass is 10.0. The van der Waals surface area contributed by atoms with Gasteiger partial charge in [-0.25, -0.2) is 8.78 Å². The Labute approximate surface area is 176 Å². The number of halogens is 2. The molecule has 0 radical (unpaired) electrons. The summed E-state index contributed by atoms with van der Waals surface area (Å²) in [5.74, 6) is 0.376. The van der Waals surface area contributed by atoms with E-state index in [-0.39, 0.29) is 24.1 Å². The molecule has 2 aromatic carbocycles. The molecule has 0 spiro atoms. The van der Waals surface area contributed by atoms with Crippen molar-refractivity contribution in [3.8, 4) is 11.5 Å². The number of carbonyl (C=O) groups is 1. The molecule has 1 aliphatic rings. The monoisotopic (exact) mass is 418 g/mol. The number of ether oxygens (including phenoxy) is 2. The highest BCUT2D eigenvalue weighted by atomic mass is 19.1. The van der Waals surface area contributed by atoms with E-state index in [1.54, 1.807) is 33.1 Å². The Bertz CT molecular complexity index is 906. The second kappa shape index (κ2) is 9.43. The van der Waals surface area contributed by atoms with Crippen molar-refractivity contribution in [2.24, 2.45) is 0 Å². The summed E-state index contributed by atoms with van der Waals surface area (Å²) >= 11 is 0. The van der Waals surface area contributed by atoms with Crippen LogP contribution in [-0.2, 0) is 4.79 Å². The van der Waals surface area contributed by atoms with Crippen LogP contribution in [0.4, 0.5) is 8.78 Å². The van der Waals surface area contributed by atoms with E-state index < -0.39 is 17.7 Å². The number of rotatable bonds is 7. The molecule has 1 heterocycles. The summed E-state index contributed by atoms with van der Waals surface area (Å²) < 4.78 is 38.6. The molecule has 30 heavy (non-hydrogen) atoms. The minimum atomic E-state index is -0.497. The van der Waals surface area contributed by atoms with Gasteiger partial charge in [0.25, 0.3) is 0 Å². The van der Waals surface area contributed by atoms with E-state index in [0.717, 1.165) is 30.5 Å². The van der Waals surface area contributed by atoms with Crippen LogP contribution < -0.4 is 9.47 Å². The molecular formula is C23H28F2N2O3. The van der Waals surface area contributed by atoms with Crippen molar-refractivity contribution < 1.29 is 23.0 Å². The number of hydrogen-bond acceptors (Lipinski definition) is 4. The number of likely N-dealkylation sites (N-methyl/N-ethyl adjacent to an activating group) is 1. The van der Waals surface area contributed by atoms with E-state index >= 15 is 0 Å². The molecule has 3 rings (SSSR count). The number of nitrogens with zero attached hydrogens (tertiary/aromatic N) is 2. The summed E-state index contributed by atoms with van der Waals surface area (Å²) in [7, 11) is 4.95. The van der Waals surface area contributed by atoms with Crippen LogP contribution in [-0.4, -0.2) is 50.1 Å². The molecule has 162 valence electrons. The zero-order valence-electron chi connectivity index (χ0n) is 17.8. The van der Waals surface area contributed by atoms with Gasteiger partial charge in [0.2, 0.25) is 5.91 Å². The fraction of sp³-hybridized carbons (Fsp3) is 0.435. The van der Waals surface area contributed by atoms with Crippen LogP contribution in [0.2, 0.25) is 0 Å². The highest BCUT2D eigenvalue weighted by molar-refractivity contribution is 5.79. The fourth-order valence-electron chi connectivity index (χ4n) is 4.00. The Morgan fingerprint density at radius 2 is 1.97 bits per heavy atom. The van der Waals surface area contributed by atoms with E-state index in [0.29, 0.717) is 18.0 Å². The number of hydrogen-bond donors (Lipinski definition) is 0. The molecule has 1 amide bonds. The van der Waals surface area contributed by atoms with E-state index in [1.165, 1.54) is 6.07 Å². The molecule has 0 aromatic heterocycles. The van der Waals surface area contributed by atoms with Crippen molar-refractivity contribution in [3.05, 3.63) is 59.2 Å². The van der Waals surface area contributed by atoms with Crippen molar-refractivity contribution in [2.75, 3.05) is 34.4 Å². The van der Waals surface area contributed by atoms with Crippen LogP contribution >= 0.6 is 0 Å². The average Bonchev–Trinajstić information content (AvgIpc) is 3.24. The van der Waals surface area contributed by atoms with Gasteiger partial charge >= 0.3 is 0 Å². The van der Waals surface area contributed by atoms with Crippen LogP contribution in [0.25, 0.3) is 0 Å². The molecule has 1 aliphatic heterocycles. The summed E-state index contributed by atoms with van der Waals surface area (Å²) in [5.41, 5.74) is 1.15. The minimum Gasteiger partial charge on any atom is -0.497 e. The largest absolute Gasteiger partial charge is 0.497 e. The Hall–Kier alpha value is -2.67. The van der Waals surface area contributed by atoms with Gasteiger partial charge in [0.05, 0.1) is 26.8 Å². The van der Waals surface area contributed by atoms with Gasteiger partial charge in [-0.3, -0.25) is 9.69 Å². The van der Waals surface area contributed by atoms with E-state index in [2.05, 4.69) is 0 Å². The molecular weight excluding hydrogens is 390 g/mol. The summed E-state index contributed by atoms with van der Waals surface area (Å²) in [6.45, 7) is 2.50. The standard InChI is InChI=1S/C23H28F2N2O3/c1-15(18-12-16(24)7-9-20(18)25)26(2)14-23(28)27-11-5-6-21(27)19-13-17(29-3)8-10-22(19)30-4/h7-10,12-13,15,21H,5-6,11,14H2,1-4H3. The highest BCUT2D eigenvalue weighted by Crippen LogP contribution is 2.39. The Morgan fingerprint density at radius 3 is 2.67 bits per heavy atom. The molecule has 1 saturated heterocycles. The van der Waals surface area contributed by atoms with Gasteiger partial charge in [-0.1, -0.05) is 0 Å². The molecule has 0 bridgehead atoms. The first kappa shape index (κ1) is 22.0. The number of benzene rings is 2. The van der Waals surface area contributed by atoms with Gasteiger partial charge in [-0.05, 0) is 63.2 Å². The molecule has 2 unspecified atom stereocenters. The predicted octanol–water partition coefficient (Wildman–Crippen LogP) is 4.34. The minimum absolute atomic E-state index is 0.0615. The van der Waals surface area contributed by atoms with Gasteiger partial charge in [-0.2, -0.15) is 0 Å². The van der Waals surface area contributed by atoms with Crippen molar-refractivity contribution in [1.82, 2.24) is 9.80 Å². The van der Waals surface area contributed by atoms with Crippen molar-refractivity contribution in [2.45, 2.75) is 31.8 Å². The van der Waals surface area contributed by atoms with Gasteiger partial charge < -0.3 is 14.4 Å². The third-order valence-corrected chi connectivity index (χ3v) is 5.82. The van der Waals surface area contributed by atoms with Gasteiger partial charge in [-0.15, -0.1) is 0 Å². The molecule has 0 N–H and O–H groups in total. The number of amides is 1. The summed E-state index contributed by atoms with van der Waals surface area (Å²) in [6, 6.07) is 8.40. The Kier molecular flexibility index (Phi) is 6.92. The second-order valence-corrected chi connectivity index (χ2v) is 7.61. The normalized spacial score (nSPS) is 17.3. The molecule has 5 nitrogen and oxygen atoms in total. The molecule has 2 atom stereocenters. The third-order valence-electron chi connectivity index (χ3n) is 5.82. The zero-order chi connectivity index (χ0) is 21.8. The smallest absolute Gasteiger partial charge is 0.237 e. The lowest BCUT2D eigenvalue weighted by molar-refractivity contribution is -0.133. The molecule has 0 aliphatic carbocycles. The molecule has 1 fully saturated rings. The first-order valence-corrected chi connectivity index (χ1v) is 10.0. The number of carbonyl (C=O) groups excluding carboxylic acids is 1. The second-order valence-electron chi connectivity index (χ2n) is 7.61. The van der Waals surface area contributed by atoms with Gasteiger partial charge in [0.1, 0.15) is 23.1 Å². The first-order chi connectivity index (χ1) is 14.3. The van der Waals surface area contributed by atoms with E-state index in [4.69, 9.17) is 9.47 Å². The lowest BCUT2D eigenvalue weighted by Gasteiger charge is -2.30. The number of likely N-dealkylation sites (tertiary alicyclic amines) is 1. The maximum Gasteiger partial charge on any atom is 0.237 e. The van der Waals surface area contributed by atoms with Gasteiger partial charge in [0, 0.05) is 23.7 Å². The van der Waals surface area contributed by atoms with Crippen LogP contribution in [0.3, 0.4) is 0 Å². The fourth-order valence-corrected chi connectivity index (χ4v) is 4.00. The first-order valence-electron chi connectivity index (χ1n) is 10.0. The zero-order valence-corrected chi connectivity index (χ0v) is 17.8. The SMILES string of the molecule is COc1ccc(OC)c(C2CCCN2C(=O)CN(C)C(C)c2cc(F)ccc2F)c1. The molecule has 7 heteroatoms. The van der Waals surface area contributed by atoms with Gasteiger partial charge in [0.15, 0.2) is 0 Å². The van der Waals surface area contributed by atoms with Crippen molar-refractivity contribution in [1.29, 1.82) is 0 Å². The maximum absolute atomic E-state index is 14.1. The number of methoxy groups -OCH3 is 2. The Morgan fingerprint density at radius 1 is 1.20 bits per heavy atom. The van der Waals surface area contributed by atoms with Crippen LogP contribution in [0.1, 0.15) is 43.0 Å². The Balaban J connectivity index is 1.77. The summed E-state index contributed by atoms with van der Waals surface area (Å²) in [4.78, 5) is 16.7. The molecule has 2 aromatic rings. The summed E-state index contributed by atoms with van der Waals surface area (Å²) in [6.07, 6.45) is 1.71. The van der Waals surface area contributed by atoms with Crippen LogP contribution in [0.15, 0.2) is 36.4 Å². The average molecular weight is 418 g/mol. The van der Waals surface area contributed by atoms with Crippen molar-refractivity contribution in [3.63, 3.8) is 0 Å². The predicted molar refractivity (Wildman–Crippen MR) is 111 cm³/mol. The maximum atomic E-state index is 14.1.